The molecule has 2 nitrogen and oxygen atoms in total. The summed E-state index contributed by atoms with van der Waals surface area (Å²) in [5.41, 5.74) is 5.53. The molecule has 0 spiro atoms. The summed E-state index contributed by atoms with van der Waals surface area (Å²) in [6.45, 7) is 4.96. The lowest BCUT2D eigenvalue weighted by atomic mass is 9.92. The molecule has 1 aromatic carbocycles. The number of nitrogens with two attached hydrogens (primary N) is 1. The molecule has 0 aromatic heterocycles. The molecule has 1 rings (SSSR count). The summed E-state index contributed by atoms with van der Waals surface area (Å²) in [4.78, 5) is 0. The van der Waals surface area contributed by atoms with Crippen molar-refractivity contribution in [2.45, 2.75) is 26.3 Å². The van der Waals surface area contributed by atoms with Gasteiger partial charge in [-0.05, 0) is 32.4 Å². The Kier molecular flexibility index (Phi) is 2.30. The molecule has 3 heteroatoms. The van der Waals surface area contributed by atoms with Crippen LogP contribution in [-0.2, 0) is 5.54 Å². The zero-order valence-electron chi connectivity index (χ0n) is 8.06. The van der Waals surface area contributed by atoms with Crippen molar-refractivity contribution >= 4 is 0 Å². The van der Waals surface area contributed by atoms with Crippen LogP contribution in [0, 0.1) is 12.7 Å². The van der Waals surface area contributed by atoms with Crippen LogP contribution in [0.3, 0.4) is 0 Å². The molecule has 0 aliphatic rings. The number of benzene rings is 1. The maximum absolute atomic E-state index is 13.5. The smallest absolute Gasteiger partial charge is 0.134 e. The molecule has 13 heavy (non-hydrogen) atoms. The average Bonchev–Trinajstić information content (AvgIpc) is 1.95. The van der Waals surface area contributed by atoms with Gasteiger partial charge in [0.2, 0.25) is 0 Å². The molecule has 3 N–H and O–H groups in total. The van der Waals surface area contributed by atoms with Crippen molar-refractivity contribution in [1.29, 1.82) is 0 Å². The van der Waals surface area contributed by atoms with Gasteiger partial charge in [0.05, 0.1) is 0 Å². The molecule has 0 aliphatic heterocycles. The van der Waals surface area contributed by atoms with E-state index < -0.39 is 11.4 Å². The van der Waals surface area contributed by atoms with Gasteiger partial charge in [0, 0.05) is 11.1 Å². The molecule has 0 bridgehead atoms. The van der Waals surface area contributed by atoms with Crippen molar-refractivity contribution in [3.05, 3.63) is 29.1 Å². The fraction of sp³-hybridized carbons (Fsp3) is 0.400. The van der Waals surface area contributed by atoms with E-state index in [0.29, 0.717) is 5.56 Å². The highest BCUT2D eigenvalue weighted by Gasteiger charge is 2.23. The van der Waals surface area contributed by atoms with E-state index in [2.05, 4.69) is 0 Å². The molecule has 0 heterocycles. The standard InChI is InChI=1S/C10H14FNO/c1-6-4-5-7(13)8(9(6)11)10(2,3)12/h4-5,13H,12H2,1-3H3. The Bertz CT molecular complexity index is 328. The Balaban J connectivity index is 3.43. The molecular formula is C10H14FNO. The van der Waals surface area contributed by atoms with E-state index in [1.54, 1.807) is 20.8 Å². The summed E-state index contributed by atoms with van der Waals surface area (Å²) < 4.78 is 13.5. The van der Waals surface area contributed by atoms with Crippen LogP contribution < -0.4 is 5.73 Å². The van der Waals surface area contributed by atoms with Crippen molar-refractivity contribution in [3.8, 4) is 5.75 Å². The summed E-state index contributed by atoms with van der Waals surface area (Å²) in [6.07, 6.45) is 0. The maximum atomic E-state index is 13.5. The molecule has 0 radical (unpaired) electrons. The Hall–Kier alpha value is -1.09. The van der Waals surface area contributed by atoms with Gasteiger partial charge in [-0.1, -0.05) is 6.07 Å². The minimum atomic E-state index is -0.861. The molecule has 0 saturated heterocycles. The third-order valence-corrected chi connectivity index (χ3v) is 1.96. The molecule has 0 amide bonds. The third-order valence-electron chi connectivity index (χ3n) is 1.96. The largest absolute Gasteiger partial charge is 0.507 e. The monoisotopic (exact) mass is 183 g/mol. The van der Waals surface area contributed by atoms with Crippen molar-refractivity contribution in [2.75, 3.05) is 0 Å². The second-order valence-electron chi connectivity index (χ2n) is 3.81. The van der Waals surface area contributed by atoms with Gasteiger partial charge in [0.15, 0.2) is 0 Å². The van der Waals surface area contributed by atoms with Gasteiger partial charge < -0.3 is 10.8 Å². The molecular weight excluding hydrogens is 169 g/mol. The highest BCUT2D eigenvalue weighted by atomic mass is 19.1. The fourth-order valence-corrected chi connectivity index (χ4v) is 1.28. The minimum absolute atomic E-state index is 0.0874. The molecule has 0 unspecified atom stereocenters. The Morgan fingerprint density at radius 3 is 2.31 bits per heavy atom. The lowest BCUT2D eigenvalue weighted by Gasteiger charge is -2.21. The number of phenols is 1. The van der Waals surface area contributed by atoms with Crippen LogP contribution in [0.15, 0.2) is 12.1 Å². The summed E-state index contributed by atoms with van der Waals surface area (Å²) in [5.74, 6) is -0.511. The number of hydrogen-bond donors (Lipinski definition) is 2. The normalized spacial score (nSPS) is 11.8. The van der Waals surface area contributed by atoms with Gasteiger partial charge in [-0.15, -0.1) is 0 Å². The van der Waals surface area contributed by atoms with Crippen LogP contribution in [0.1, 0.15) is 25.0 Å². The van der Waals surface area contributed by atoms with E-state index >= 15 is 0 Å². The highest BCUT2D eigenvalue weighted by Crippen LogP contribution is 2.30. The fourth-order valence-electron chi connectivity index (χ4n) is 1.28. The van der Waals surface area contributed by atoms with Crippen molar-refractivity contribution < 1.29 is 9.50 Å². The van der Waals surface area contributed by atoms with E-state index in [-0.39, 0.29) is 11.3 Å². The van der Waals surface area contributed by atoms with E-state index in [0.717, 1.165) is 0 Å². The highest BCUT2D eigenvalue weighted by molar-refractivity contribution is 5.41. The van der Waals surface area contributed by atoms with Gasteiger partial charge in [-0.25, -0.2) is 4.39 Å². The maximum Gasteiger partial charge on any atom is 0.134 e. The SMILES string of the molecule is Cc1ccc(O)c(C(C)(C)N)c1F. The molecule has 0 atom stereocenters. The van der Waals surface area contributed by atoms with Gasteiger partial charge in [0.1, 0.15) is 11.6 Å². The van der Waals surface area contributed by atoms with Crippen molar-refractivity contribution in [3.63, 3.8) is 0 Å². The number of rotatable bonds is 1. The number of hydrogen-bond acceptors (Lipinski definition) is 2. The van der Waals surface area contributed by atoms with Crippen molar-refractivity contribution in [2.24, 2.45) is 5.73 Å². The number of phenolic OH excluding ortho intramolecular Hbond substituents is 1. The molecule has 72 valence electrons. The zero-order valence-corrected chi connectivity index (χ0v) is 8.06. The molecule has 0 saturated carbocycles. The summed E-state index contributed by atoms with van der Waals surface area (Å²) in [6, 6.07) is 2.99. The van der Waals surface area contributed by atoms with Crippen LogP contribution in [0.5, 0.6) is 5.75 Å². The first-order valence-electron chi connectivity index (χ1n) is 4.11. The number of aromatic hydroxyl groups is 1. The lowest BCUT2D eigenvalue weighted by molar-refractivity contribution is 0.420. The van der Waals surface area contributed by atoms with Gasteiger partial charge in [0.25, 0.3) is 0 Å². The first-order chi connectivity index (χ1) is 5.84. The first kappa shape index (κ1) is 9.99. The Morgan fingerprint density at radius 2 is 1.92 bits per heavy atom. The minimum Gasteiger partial charge on any atom is -0.507 e. The van der Waals surface area contributed by atoms with E-state index in [1.807, 2.05) is 0 Å². The predicted octanol–water partition coefficient (Wildman–Crippen LogP) is 2.03. The van der Waals surface area contributed by atoms with Gasteiger partial charge in [-0.2, -0.15) is 0 Å². The number of halogens is 1. The van der Waals surface area contributed by atoms with E-state index in [9.17, 15) is 9.50 Å². The quantitative estimate of drug-likeness (QED) is 0.699. The Labute approximate surface area is 77.2 Å². The van der Waals surface area contributed by atoms with Gasteiger partial charge in [-0.3, -0.25) is 0 Å². The predicted molar refractivity (Wildman–Crippen MR) is 50.0 cm³/mol. The van der Waals surface area contributed by atoms with Crippen LogP contribution in [-0.4, -0.2) is 5.11 Å². The lowest BCUT2D eigenvalue weighted by Crippen LogP contribution is -2.30. The van der Waals surface area contributed by atoms with Crippen LogP contribution >= 0.6 is 0 Å². The summed E-state index contributed by atoms with van der Waals surface area (Å²) in [5, 5.41) is 9.43. The summed E-state index contributed by atoms with van der Waals surface area (Å²) >= 11 is 0. The van der Waals surface area contributed by atoms with Crippen molar-refractivity contribution in [1.82, 2.24) is 0 Å². The molecule has 0 fully saturated rings. The second-order valence-corrected chi connectivity index (χ2v) is 3.81. The van der Waals surface area contributed by atoms with Crippen LogP contribution in [0.4, 0.5) is 4.39 Å². The summed E-state index contributed by atoms with van der Waals surface area (Å²) in [7, 11) is 0. The van der Waals surface area contributed by atoms with E-state index in [1.165, 1.54) is 12.1 Å². The second kappa shape index (κ2) is 3.00. The molecule has 1 aromatic rings. The van der Waals surface area contributed by atoms with E-state index in [4.69, 9.17) is 5.73 Å². The third kappa shape index (κ3) is 1.80. The topological polar surface area (TPSA) is 46.2 Å². The zero-order chi connectivity index (χ0) is 10.2. The average molecular weight is 183 g/mol. The number of aryl methyl sites for hydroxylation is 1. The Morgan fingerprint density at radius 1 is 1.38 bits per heavy atom. The van der Waals surface area contributed by atoms with Crippen LogP contribution in [0.25, 0.3) is 0 Å². The van der Waals surface area contributed by atoms with Gasteiger partial charge >= 0.3 is 0 Å². The first-order valence-corrected chi connectivity index (χ1v) is 4.11. The molecule has 0 aliphatic carbocycles. The van der Waals surface area contributed by atoms with Crippen LogP contribution in [0.2, 0.25) is 0 Å².